The summed E-state index contributed by atoms with van der Waals surface area (Å²) in [5, 5.41) is 9.74. The van der Waals surface area contributed by atoms with Gasteiger partial charge in [0.05, 0.1) is 55.5 Å². The van der Waals surface area contributed by atoms with Gasteiger partial charge in [0.1, 0.15) is 46.0 Å². The minimum Gasteiger partial charge on any atom is -0.458 e. The number of benzene rings is 16. The van der Waals surface area contributed by atoms with Crippen LogP contribution in [0.25, 0.3) is 132 Å². The second-order valence-corrected chi connectivity index (χ2v) is 27.1. The molecule has 0 N–H and O–H groups in total. The first-order chi connectivity index (χ1) is 52.0. The monoisotopic (exact) mass is 1360 g/mol. The summed E-state index contributed by atoms with van der Waals surface area (Å²) in [7, 11) is 0. The first-order valence-corrected chi connectivity index (χ1v) is 35.6. The summed E-state index contributed by atoms with van der Waals surface area (Å²) in [4.78, 5) is 0. The van der Waals surface area contributed by atoms with E-state index in [1.807, 2.05) is 78.9 Å². The van der Waals surface area contributed by atoms with Crippen LogP contribution in [0.2, 0.25) is 0 Å². The van der Waals surface area contributed by atoms with E-state index in [1.165, 1.54) is 87.4 Å². The molecule has 4 aromatic heterocycles. The zero-order valence-corrected chi connectivity index (χ0v) is 56.7. The van der Waals surface area contributed by atoms with Crippen LogP contribution in [-0.2, 0) is 0 Å². The molecular weight excluding hydrogens is 1300 g/mol. The molecule has 500 valence electrons. The highest BCUT2D eigenvalue weighted by atomic mass is 16.5. The van der Waals surface area contributed by atoms with Crippen molar-refractivity contribution in [3.63, 3.8) is 0 Å². The Bertz CT molecular complexity index is 6730. The fraction of sp³-hybridized carbons (Fsp3) is 0.0103. The normalized spacial score (nSPS) is 12.0. The van der Waals surface area contributed by atoms with Crippen molar-refractivity contribution in [2.24, 2.45) is 0 Å². The fourth-order valence-electron chi connectivity index (χ4n) is 16.4. The van der Waals surface area contributed by atoms with Gasteiger partial charge >= 0.3 is 0 Å². The van der Waals surface area contributed by atoms with Gasteiger partial charge in [-0.1, -0.05) is 214 Å². The summed E-state index contributed by atoms with van der Waals surface area (Å²) < 4.78 is 35.5. The second kappa shape index (κ2) is 25.2. The van der Waals surface area contributed by atoms with Crippen LogP contribution in [0.5, 0.6) is 46.0 Å². The fourth-order valence-corrected chi connectivity index (χ4v) is 16.4. The molecule has 0 aliphatic carbocycles. The van der Waals surface area contributed by atoms with Crippen molar-refractivity contribution in [1.29, 1.82) is 0 Å². The summed E-state index contributed by atoms with van der Waals surface area (Å²) in [6.45, 7) is 0.0451. The minimum absolute atomic E-state index is 0. The van der Waals surface area contributed by atoms with Gasteiger partial charge in [0.25, 0.3) is 6.71 Å². The van der Waals surface area contributed by atoms with Crippen molar-refractivity contribution in [3.8, 4) is 91.0 Å². The summed E-state index contributed by atoms with van der Waals surface area (Å²) in [6, 6.07) is 130. The first kappa shape index (κ1) is 61.8. The Morgan fingerprint density at radius 2 is 0.491 bits per heavy atom. The molecule has 106 heavy (non-hydrogen) atoms. The van der Waals surface area contributed by atoms with E-state index >= 15 is 0 Å². The lowest BCUT2D eigenvalue weighted by atomic mass is 9.35. The predicted molar refractivity (Wildman–Crippen MR) is 439 cm³/mol. The second-order valence-electron chi connectivity index (χ2n) is 27.1. The molecule has 0 amide bonds. The minimum atomic E-state index is 0. The van der Waals surface area contributed by atoms with E-state index < -0.39 is 0 Å². The topological polar surface area (TPSA) is 56.6 Å². The Morgan fingerprint density at radius 1 is 0.208 bits per heavy atom. The van der Waals surface area contributed by atoms with E-state index in [0.29, 0.717) is 11.5 Å². The highest BCUT2D eigenvalue weighted by Gasteiger charge is 2.40. The van der Waals surface area contributed by atoms with Crippen LogP contribution in [-0.4, -0.2) is 25.0 Å². The molecule has 0 saturated heterocycles. The Hall–Kier alpha value is -14.0. The third kappa shape index (κ3) is 10.2. The standard InChI is InChI=1S/C48H29BN2O2.C48H32N2O2.CH4/c1-2-12-32(13-3-1)50-40-18-8-4-14-34(40)36-26-30(22-24-42(36)50)31-23-25-43-37(27-31)35-15-5-9-19-41(35)51(43)33-28-46-48-47(29-33)53-45-21-11-7-17-39(45)49(48)38-16-6-10-20-44(38)52-46;1-4-14-35(15-5-1)49-45-22-12-10-20-41(45)43-28-33(24-26-47(43)49)34-25-27-48-44(29-34)42-21-11-13-23-46(42)50(48)36-30-39(51-37-16-6-2-7-17-37)32-40(31-36)52-38-18-8-3-9-19-38;/h1-29H;1-32H;1H4. The molecule has 2 aliphatic heterocycles. The first-order valence-electron chi connectivity index (χ1n) is 35.6. The van der Waals surface area contributed by atoms with Crippen molar-refractivity contribution in [3.05, 3.63) is 370 Å². The molecule has 2 aliphatic rings. The van der Waals surface area contributed by atoms with Crippen molar-refractivity contribution >= 4 is 110 Å². The van der Waals surface area contributed by atoms with Crippen LogP contribution in [0, 0.1) is 0 Å². The zero-order valence-electron chi connectivity index (χ0n) is 56.7. The van der Waals surface area contributed by atoms with E-state index in [4.69, 9.17) is 18.9 Å². The highest BCUT2D eigenvalue weighted by molar-refractivity contribution is 6.98. The smallest absolute Gasteiger partial charge is 0.260 e. The van der Waals surface area contributed by atoms with Gasteiger partial charge in [-0.25, -0.2) is 0 Å². The number of hydrogen-bond acceptors (Lipinski definition) is 4. The van der Waals surface area contributed by atoms with Crippen molar-refractivity contribution < 1.29 is 18.9 Å². The molecule has 16 aromatic carbocycles. The lowest BCUT2D eigenvalue weighted by molar-refractivity contribution is 0.460. The Labute approximate surface area is 612 Å². The number of fused-ring (bicyclic) bond motifs is 16. The van der Waals surface area contributed by atoms with Gasteiger partial charge in [-0.2, -0.15) is 0 Å². The third-order valence-corrected chi connectivity index (χ3v) is 21.0. The van der Waals surface area contributed by atoms with E-state index in [1.54, 1.807) is 0 Å². The maximum atomic E-state index is 6.68. The molecule has 0 radical (unpaired) electrons. The van der Waals surface area contributed by atoms with Gasteiger partial charge in [-0.05, 0) is 167 Å². The van der Waals surface area contributed by atoms with Gasteiger partial charge in [-0.15, -0.1) is 0 Å². The quantitative estimate of drug-likeness (QED) is 0.128. The maximum absolute atomic E-state index is 6.68. The summed E-state index contributed by atoms with van der Waals surface area (Å²) in [5.41, 5.74) is 21.7. The van der Waals surface area contributed by atoms with Crippen LogP contribution in [0.3, 0.4) is 0 Å². The lowest BCUT2D eigenvalue weighted by Crippen LogP contribution is -2.57. The van der Waals surface area contributed by atoms with Gasteiger partial charge in [-0.3, -0.25) is 0 Å². The summed E-state index contributed by atoms with van der Waals surface area (Å²) in [5.74, 6) is 6.37. The molecule has 0 bridgehead atoms. The zero-order chi connectivity index (χ0) is 69.1. The lowest BCUT2D eigenvalue weighted by Gasteiger charge is -2.33. The average Bonchev–Trinajstić information content (AvgIpc) is 1.27. The summed E-state index contributed by atoms with van der Waals surface area (Å²) >= 11 is 0. The van der Waals surface area contributed by atoms with Crippen LogP contribution in [0.4, 0.5) is 0 Å². The van der Waals surface area contributed by atoms with Crippen molar-refractivity contribution in [2.45, 2.75) is 7.43 Å². The van der Waals surface area contributed by atoms with Gasteiger partial charge < -0.3 is 37.2 Å². The molecule has 0 fully saturated rings. The van der Waals surface area contributed by atoms with Crippen molar-refractivity contribution in [2.75, 3.05) is 0 Å². The molecule has 9 heteroatoms. The number of nitrogens with zero attached hydrogens (tertiary/aromatic N) is 4. The van der Waals surface area contributed by atoms with Crippen LogP contribution in [0.1, 0.15) is 7.43 Å². The molecule has 0 saturated carbocycles. The predicted octanol–water partition coefficient (Wildman–Crippen LogP) is 24.0. The number of ether oxygens (including phenoxy) is 4. The van der Waals surface area contributed by atoms with Crippen LogP contribution >= 0.6 is 0 Å². The van der Waals surface area contributed by atoms with Crippen LogP contribution < -0.4 is 35.3 Å². The number of aromatic nitrogens is 4. The Kier molecular flexibility index (Phi) is 14.7. The Balaban J connectivity index is 0.000000139. The summed E-state index contributed by atoms with van der Waals surface area (Å²) in [6.07, 6.45) is 0. The molecule has 0 unspecified atom stereocenters. The molecule has 22 rings (SSSR count). The van der Waals surface area contributed by atoms with Crippen LogP contribution in [0.15, 0.2) is 370 Å². The van der Waals surface area contributed by atoms with E-state index in [2.05, 4.69) is 309 Å². The molecule has 0 atom stereocenters. The highest BCUT2D eigenvalue weighted by Crippen LogP contribution is 2.45. The maximum Gasteiger partial charge on any atom is 0.260 e. The molecule has 8 nitrogen and oxygen atoms in total. The molecule has 0 spiro atoms. The number of para-hydroxylation sites is 10. The number of hydrogen-bond donors (Lipinski definition) is 0. The SMILES string of the molecule is C.c1ccc(-n2c3ccccc3c3cc(-c4ccc5c(c4)c4ccccc4n5-c4cc5c6c(c4)Oc4ccccc4B6c4ccccc4O5)ccc32)cc1.c1ccc(Oc2cc(Oc3ccccc3)cc(-n3c4ccccc4c4cc(-c5ccc6c(c5)c5ccccc5n6-c5ccccc5)ccc43)c2)cc1. The van der Waals surface area contributed by atoms with E-state index in [9.17, 15) is 0 Å². The molecule has 6 heterocycles. The van der Waals surface area contributed by atoms with E-state index in [-0.39, 0.29) is 14.1 Å². The third-order valence-electron chi connectivity index (χ3n) is 21.0. The molecule has 20 aromatic rings. The Morgan fingerprint density at radius 3 is 0.849 bits per heavy atom. The average molecular weight is 1360 g/mol. The number of rotatable bonds is 10. The van der Waals surface area contributed by atoms with Gasteiger partial charge in [0.2, 0.25) is 0 Å². The van der Waals surface area contributed by atoms with Gasteiger partial charge in [0, 0.05) is 90.3 Å². The largest absolute Gasteiger partial charge is 0.458 e. The molecular formula is C97H65BN4O4. The van der Waals surface area contributed by atoms with Crippen molar-refractivity contribution in [1.82, 2.24) is 18.3 Å². The van der Waals surface area contributed by atoms with E-state index in [0.717, 1.165) is 95.7 Å². The van der Waals surface area contributed by atoms with Gasteiger partial charge in [0.15, 0.2) is 0 Å².